The first-order valence-electron chi connectivity index (χ1n) is 5.50. The van der Waals surface area contributed by atoms with E-state index in [0.717, 1.165) is 21.4 Å². The quantitative estimate of drug-likeness (QED) is 0.945. The van der Waals surface area contributed by atoms with Crippen molar-refractivity contribution in [3.05, 3.63) is 34.2 Å². The fourth-order valence-corrected chi connectivity index (χ4v) is 2.24. The minimum absolute atomic E-state index is 0.0416. The molecule has 0 aliphatic carbocycles. The van der Waals surface area contributed by atoms with E-state index >= 15 is 0 Å². The van der Waals surface area contributed by atoms with Gasteiger partial charge in [-0.15, -0.1) is 0 Å². The topological polar surface area (TPSA) is 46.4 Å². The number of fused-ring (bicyclic) bond motifs is 1. The first-order chi connectivity index (χ1) is 8.10. The van der Waals surface area contributed by atoms with Gasteiger partial charge < -0.3 is 9.72 Å². The minimum Gasteiger partial charge on any atom is -0.350 e. The van der Waals surface area contributed by atoms with Crippen LogP contribution in [-0.4, -0.2) is 15.3 Å². The zero-order chi connectivity index (χ0) is 12.4. The number of carbonyl (C=O) groups is 1. The standard InChI is InChI=1S/C12H14BrN3O/c1-3-11(17)14-5-10-7-16-6-9(13)4-8(2)12(16)15-10/h4,6-7H,3,5H2,1-2H3,(H,14,17). The molecule has 2 aromatic rings. The average molecular weight is 296 g/mol. The largest absolute Gasteiger partial charge is 0.350 e. The molecule has 0 spiro atoms. The molecule has 5 heteroatoms. The summed E-state index contributed by atoms with van der Waals surface area (Å²) in [6.07, 6.45) is 4.39. The molecule has 0 bridgehead atoms. The maximum atomic E-state index is 11.2. The van der Waals surface area contributed by atoms with E-state index in [1.54, 1.807) is 0 Å². The summed E-state index contributed by atoms with van der Waals surface area (Å²) in [5.74, 6) is 0.0416. The van der Waals surface area contributed by atoms with Gasteiger partial charge in [0.25, 0.3) is 0 Å². The Kier molecular flexibility index (Phi) is 3.47. The number of hydrogen-bond donors (Lipinski definition) is 1. The van der Waals surface area contributed by atoms with Crippen LogP contribution < -0.4 is 5.32 Å². The predicted octanol–water partition coefficient (Wildman–Crippen LogP) is 2.43. The molecule has 0 radical (unpaired) electrons. The van der Waals surface area contributed by atoms with Gasteiger partial charge in [-0.25, -0.2) is 4.98 Å². The smallest absolute Gasteiger partial charge is 0.220 e. The van der Waals surface area contributed by atoms with Gasteiger partial charge in [0, 0.05) is 23.3 Å². The third-order valence-corrected chi connectivity index (χ3v) is 2.97. The summed E-state index contributed by atoms with van der Waals surface area (Å²) in [5.41, 5.74) is 2.90. The molecule has 0 aromatic carbocycles. The molecule has 17 heavy (non-hydrogen) atoms. The Morgan fingerprint density at radius 1 is 1.53 bits per heavy atom. The van der Waals surface area contributed by atoms with E-state index in [2.05, 4.69) is 26.2 Å². The molecule has 0 unspecified atom stereocenters. The Balaban J connectivity index is 2.26. The van der Waals surface area contributed by atoms with Crippen LogP contribution >= 0.6 is 15.9 Å². The summed E-state index contributed by atoms with van der Waals surface area (Å²) in [6, 6.07) is 2.02. The first-order valence-corrected chi connectivity index (χ1v) is 6.30. The maximum Gasteiger partial charge on any atom is 0.220 e. The van der Waals surface area contributed by atoms with Crippen molar-refractivity contribution in [3.8, 4) is 0 Å². The molecule has 2 heterocycles. The van der Waals surface area contributed by atoms with Crippen molar-refractivity contribution in [2.45, 2.75) is 26.8 Å². The van der Waals surface area contributed by atoms with Crippen molar-refractivity contribution in [2.24, 2.45) is 0 Å². The maximum absolute atomic E-state index is 11.2. The van der Waals surface area contributed by atoms with E-state index in [-0.39, 0.29) is 5.91 Å². The number of aromatic nitrogens is 2. The van der Waals surface area contributed by atoms with Gasteiger partial charge in [-0.1, -0.05) is 6.92 Å². The van der Waals surface area contributed by atoms with E-state index < -0.39 is 0 Å². The fourth-order valence-electron chi connectivity index (χ4n) is 1.68. The van der Waals surface area contributed by atoms with Gasteiger partial charge in [0.15, 0.2) is 0 Å². The van der Waals surface area contributed by atoms with Crippen LogP contribution in [0, 0.1) is 6.92 Å². The van der Waals surface area contributed by atoms with E-state index in [1.165, 1.54) is 0 Å². The molecular formula is C12H14BrN3O. The second-order valence-electron chi connectivity index (χ2n) is 3.93. The van der Waals surface area contributed by atoms with Gasteiger partial charge in [-0.05, 0) is 34.5 Å². The Hall–Kier alpha value is -1.36. The van der Waals surface area contributed by atoms with Crippen molar-refractivity contribution in [1.82, 2.24) is 14.7 Å². The molecule has 90 valence electrons. The van der Waals surface area contributed by atoms with Gasteiger partial charge in [0.05, 0.1) is 12.2 Å². The molecular weight excluding hydrogens is 282 g/mol. The highest BCUT2D eigenvalue weighted by Gasteiger charge is 2.06. The Morgan fingerprint density at radius 3 is 3.00 bits per heavy atom. The molecule has 0 saturated heterocycles. The molecule has 0 fully saturated rings. The number of nitrogens with zero attached hydrogens (tertiary/aromatic N) is 2. The predicted molar refractivity (Wildman–Crippen MR) is 69.8 cm³/mol. The van der Waals surface area contributed by atoms with E-state index in [1.807, 2.05) is 36.7 Å². The number of pyridine rings is 1. The Labute approximate surface area is 108 Å². The van der Waals surface area contributed by atoms with Crippen LogP contribution in [0.3, 0.4) is 0 Å². The Morgan fingerprint density at radius 2 is 2.29 bits per heavy atom. The van der Waals surface area contributed by atoms with Crippen LogP contribution in [0.25, 0.3) is 5.65 Å². The average Bonchev–Trinajstić information content (AvgIpc) is 2.69. The second-order valence-corrected chi connectivity index (χ2v) is 4.85. The zero-order valence-electron chi connectivity index (χ0n) is 9.83. The summed E-state index contributed by atoms with van der Waals surface area (Å²) in [5, 5.41) is 2.82. The van der Waals surface area contributed by atoms with Gasteiger partial charge in [-0.2, -0.15) is 0 Å². The number of nitrogens with one attached hydrogen (secondary N) is 1. The minimum atomic E-state index is 0.0416. The molecule has 2 aromatic heterocycles. The number of imidazole rings is 1. The highest BCUT2D eigenvalue weighted by molar-refractivity contribution is 9.10. The first kappa shape index (κ1) is 12.1. The monoisotopic (exact) mass is 295 g/mol. The van der Waals surface area contributed by atoms with Crippen LogP contribution in [0.5, 0.6) is 0 Å². The molecule has 0 aliphatic rings. The lowest BCUT2D eigenvalue weighted by Gasteiger charge is -1.98. The Bertz CT molecular complexity index is 562. The molecule has 1 amide bonds. The normalized spacial score (nSPS) is 10.8. The number of rotatable bonds is 3. The molecule has 1 N–H and O–H groups in total. The molecule has 4 nitrogen and oxygen atoms in total. The number of amides is 1. The highest BCUT2D eigenvalue weighted by atomic mass is 79.9. The van der Waals surface area contributed by atoms with Crippen LogP contribution in [0.4, 0.5) is 0 Å². The molecule has 0 aliphatic heterocycles. The lowest BCUT2D eigenvalue weighted by Crippen LogP contribution is -2.21. The van der Waals surface area contributed by atoms with Crippen molar-refractivity contribution in [2.75, 3.05) is 0 Å². The van der Waals surface area contributed by atoms with Crippen LogP contribution in [0.15, 0.2) is 22.9 Å². The van der Waals surface area contributed by atoms with E-state index in [0.29, 0.717) is 13.0 Å². The van der Waals surface area contributed by atoms with Crippen molar-refractivity contribution in [3.63, 3.8) is 0 Å². The lowest BCUT2D eigenvalue weighted by atomic mass is 10.3. The lowest BCUT2D eigenvalue weighted by molar-refractivity contribution is -0.120. The SMILES string of the molecule is CCC(=O)NCc1cn2cc(Br)cc(C)c2n1. The van der Waals surface area contributed by atoms with Gasteiger partial charge >= 0.3 is 0 Å². The third-order valence-electron chi connectivity index (χ3n) is 2.54. The van der Waals surface area contributed by atoms with Crippen molar-refractivity contribution in [1.29, 1.82) is 0 Å². The molecule has 0 atom stereocenters. The summed E-state index contributed by atoms with van der Waals surface area (Å²) in [7, 11) is 0. The van der Waals surface area contributed by atoms with Crippen molar-refractivity contribution >= 4 is 27.5 Å². The van der Waals surface area contributed by atoms with Gasteiger partial charge in [0.2, 0.25) is 5.91 Å². The number of aryl methyl sites for hydroxylation is 1. The summed E-state index contributed by atoms with van der Waals surface area (Å²) in [4.78, 5) is 15.7. The third kappa shape index (κ3) is 2.66. The van der Waals surface area contributed by atoms with E-state index in [9.17, 15) is 4.79 Å². The van der Waals surface area contributed by atoms with Crippen LogP contribution in [0.2, 0.25) is 0 Å². The number of hydrogen-bond acceptors (Lipinski definition) is 2. The summed E-state index contributed by atoms with van der Waals surface area (Å²) >= 11 is 3.45. The molecule has 2 rings (SSSR count). The number of carbonyl (C=O) groups excluding carboxylic acids is 1. The molecule has 0 saturated carbocycles. The summed E-state index contributed by atoms with van der Waals surface area (Å²) in [6.45, 7) is 4.33. The fraction of sp³-hybridized carbons (Fsp3) is 0.333. The summed E-state index contributed by atoms with van der Waals surface area (Å²) < 4.78 is 2.98. The number of halogens is 1. The van der Waals surface area contributed by atoms with Gasteiger partial charge in [-0.3, -0.25) is 4.79 Å². The van der Waals surface area contributed by atoms with Gasteiger partial charge in [0.1, 0.15) is 5.65 Å². The zero-order valence-corrected chi connectivity index (χ0v) is 11.4. The van der Waals surface area contributed by atoms with E-state index in [4.69, 9.17) is 0 Å². The second kappa shape index (κ2) is 4.87. The van der Waals surface area contributed by atoms with Crippen LogP contribution in [0.1, 0.15) is 24.6 Å². The highest BCUT2D eigenvalue weighted by Crippen LogP contribution is 2.17. The van der Waals surface area contributed by atoms with Crippen molar-refractivity contribution < 1.29 is 4.79 Å². The van der Waals surface area contributed by atoms with Crippen LogP contribution in [-0.2, 0) is 11.3 Å².